The van der Waals surface area contributed by atoms with Gasteiger partial charge in [-0.05, 0) is 5.56 Å². The molecule has 1 aliphatic heterocycles. The fourth-order valence-electron chi connectivity index (χ4n) is 2.39. The Kier molecular flexibility index (Phi) is 6.15. The number of benzene rings is 1. The molecule has 2 rings (SSSR count). The summed E-state index contributed by atoms with van der Waals surface area (Å²) < 4.78 is 4.52. The molecule has 0 atom stereocenters. The third kappa shape index (κ3) is 5.00. The molecule has 0 spiro atoms. The number of esters is 1. The highest BCUT2D eigenvalue weighted by atomic mass is 16.5. The molecule has 5 nitrogen and oxygen atoms in total. The summed E-state index contributed by atoms with van der Waals surface area (Å²) in [6, 6.07) is 10.2. The second-order valence-electron chi connectivity index (χ2n) is 5.25. The van der Waals surface area contributed by atoms with Crippen LogP contribution in [-0.2, 0) is 14.3 Å². The maximum atomic E-state index is 11.9. The standard InChI is InChI=1S/C17H22N2O3/c1-22-17(21)14-16(20)19-12-10-18(11-13-19)9-5-8-15-6-3-2-4-7-15/h2-8H,9-14H2,1H3/b8-5+. The van der Waals surface area contributed by atoms with Crippen LogP contribution >= 0.6 is 0 Å². The minimum atomic E-state index is -0.474. The molecule has 1 aromatic rings. The number of rotatable bonds is 5. The summed E-state index contributed by atoms with van der Waals surface area (Å²) in [5, 5.41) is 0. The van der Waals surface area contributed by atoms with Gasteiger partial charge in [-0.15, -0.1) is 0 Å². The van der Waals surface area contributed by atoms with Crippen molar-refractivity contribution in [3.8, 4) is 0 Å². The monoisotopic (exact) mass is 302 g/mol. The smallest absolute Gasteiger partial charge is 0.315 e. The van der Waals surface area contributed by atoms with Crippen molar-refractivity contribution < 1.29 is 14.3 Å². The zero-order valence-corrected chi connectivity index (χ0v) is 12.9. The summed E-state index contributed by atoms with van der Waals surface area (Å²) in [5.74, 6) is -0.621. The normalized spacial score (nSPS) is 16.0. The molecule has 1 saturated heterocycles. The van der Waals surface area contributed by atoms with Gasteiger partial charge in [0.15, 0.2) is 0 Å². The van der Waals surface area contributed by atoms with Gasteiger partial charge < -0.3 is 9.64 Å². The summed E-state index contributed by atoms with van der Waals surface area (Å²) in [6.07, 6.45) is 4.08. The van der Waals surface area contributed by atoms with E-state index in [1.54, 1.807) is 4.90 Å². The van der Waals surface area contributed by atoms with Gasteiger partial charge in [0.1, 0.15) is 6.42 Å². The second kappa shape index (κ2) is 8.34. The predicted octanol–water partition coefficient (Wildman–Crippen LogP) is 1.41. The van der Waals surface area contributed by atoms with Crippen molar-refractivity contribution >= 4 is 18.0 Å². The number of piperazine rings is 1. The van der Waals surface area contributed by atoms with Crippen LogP contribution in [0.4, 0.5) is 0 Å². The van der Waals surface area contributed by atoms with Crippen molar-refractivity contribution in [3.05, 3.63) is 42.0 Å². The molecule has 1 heterocycles. The average Bonchev–Trinajstić information content (AvgIpc) is 2.56. The molecule has 118 valence electrons. The largest absolute Gasteiger partial charge is 0.469 e. The van der Waals surface area contributed by atoms with E-state index in [1.165, 1.54) is 12.7 Å². The lowest BCUT2D eigenvalue weighted by molar-refractivity contribution is -0.147. The van der Waals surface area contributed by atoms with E-state index in [4.69, 9.17) is 0 Å². The van der Waals surface area contributed by atoms with Gasteiger partial charge in [-0.25, -0.2) is 0 Å². The summed E-state index contributed by atoms with van der Waals surface area (Å²) in [6.45, 7) is 3.84. The molecule has 1 aliphatic rings. The molecule has 0 aliphatic carbocycles. The predicted molar refractivity (Wildman–Crippen MR) is 85.1 cm³/mol. The number of nitrogens with zero attached hydrogens (tertiary/aromatic N) is 2. The molecule has 0 radical (unpaired) electrons. The SMILES string of the molecule is COC(=O)CC(=O)N1CCN(C/C=C/c2ccccc2)CC1. The van der Waals surface area contributed by atoms with E-state index in [-0.39, 0.29) is 12.3 Å². The maximum Gasteiger partial charge on any atom is 0.315 e. The Balaban J connectivity index is 1.72. The number of hydrogen-bond acceptors (Lipinski definition) is 4. The molecule has 5 heteroatoms. The Bertz CT molecular complexity index is 520. The van der Waals surface area contributed by atoms with Gasteiger partial charge in [0, 0.05) is 32.7 Å². The van der Waals surface area contributed by atoms with Crippen molar-refractivity contribution in [1.29, 1.82) is 0 Å². The van der Waals surface area contributed by atoms with Crippen LogP contribution in [-0.4, -0.2) is 61.5 Å². The Morgan fingerprint density at radius 1 is 1.14 bits per heavy atom. The van der Waals surface area contributed by atoms with E-state index < -0.39 is 5.97 Å². The third-order valence-corrected chi connectivity index (χ3v) is 3.72. The van der Waals surface area contributed by atoms with Crippen LogP contribution in [0.5, 0.6) is 0 Å². The minimum absolute atomic E-state index is 0.147. The molecule has 0 unspecified atom stereocenters. The van der Waals surface area contributed by atoms with E-state index in [2.05, 4.69) is 33.9 Å². The van der Waals surface area contributed by atoms with Crippen molar-refractivity contribution in [2.24, 2.45) is 0 Å². The lowest BCUT2D eigenvalue weighted by Gasteiger charge is -2.34. The molecule has 0 bridgehead atoms. The highest BCUT2D eigenvalue weighted by Crippen LogP contribution is 2.06. The van der Waals surface area contributed by atoms with Gasteiger partial charge >= 0.3 is 5.97 Å². The van der Waals surface area contributed by atoms with E-state index in [0.717, 1.165) is 19.6 Å². The van der Waals surface area contributed by atoms with Crippen LogP contribution < -0.4 is 0 Å². The zero-order chi connectivity index (χ0) is 15.8. The second-order valence-corrected chi connectivity index (χ2v) is 5.25. The highest BCUT2D eigenvalue weighted by molar-refractivity contribution is 5.94. The molecule has 0 saturated carbocycles. The molecule has 0 aromatic heterocycles. The number of carbonyl (C=O) groups excluding carboxylic acids is 2. The van der Waals surface area contributed by atoms with Crippen molar-refractivity contribution in [1.82, 2.24) is 9.80 Å². The minimum Gasteiger partial charge on any atom is -0.469 e. The Labute approximate surface area is 131 Å². The number of amides is 1. The Hall–Kier alpha value is -2.14. The number of hydrogen-bond donors (Lipinski definition) is 0. The Morgan fingerprint density at radius 3 is 2.45 bits per heavy atom. The van der Waals surface area contributed by atoms with Crippen LogP contribution in [0, 0.1) is 0 Å². The van der Waals surface area contributed by atoms with Gasteiger partial charge in [-0.1, -0.05) is 42.5 Å². The molecule has 22 heavy (non-hydrogen) atoms. The molecule has 1 aromatic carbocycles. The first-order valence-corrected chi connectivity index (χ1v) is 7.47. The molecule has 0 N–H and O–H groups in total. The van der Waals surface area contributed by atoms with E-state index in [0.29, 0.717) is 13.1 Å². The fraction of sp³-hybridized carbons (Fsp3) is 0.412. The summed E-state index contributed by atoms with van der Waals surface area (Å²) in [5.41, 5.74) is 1.19. The summed E-state index contributed by atoms with van der Waals surface area (Å²) >= 11 is 0. The first-order chi connectivity index (χ1) is 10.7. The van der Waals surface area contributed by atoms with Crippen molar-refractivity contribution in [3.63, 3.8) is 0 Å². The molecule has 1 amide bonds. The van der Waals surface area contributed by atoms with Crippen LogP contribution in [0.1, 0.15) is 12.0 Å². The zero-order valence-electron chi connectivity index (χ0n) is 12.9. The first kappa shape index (κ1) is 16.2. The van der Waals surface area contributed by atoms with Gasteiger partial charge in [0.25, 0.3) is 0 Å². The molecular weight excluding hydrogens is 280 g/mol. The van der Waals surface area contributed by atoms with Crippen molar-refractivity contribution in [2.75, 3.05) is 39.8 Å². The maximum absolute atomic E-state index is 11.9. The van der Waals surface area contributed by atoms with Crippen LogP contribution in [0.2, 0.25) is 0 Å². The topological polar surface area (TPSA) is 49.9 Å². The van der Waals surface area contributed by atoms with Crippen LogP contribution in [0.15, 0.2) is 36.4 Å². The van der Waals surface area contributed by atoms with E-state index in [9.17, 15) is 9.59 Å². The lowest BCUT2D eigenvalue weighted by Crippen LogP contribution is -2.49. The van der Waals surface area contributed by atoms with Crippen LogP contribution in [0.25, 0.3) is 6.08 Å². The van der Waals surface area contributed by atoms with Crippen molar-refractivity contribution in [2.45, 2.75) is 6.42 Å². The number of methoxy groups -OCH3 is 1. The van der Waals surface area contributed by atoms with E-state index >= 15 is 0 Å². The average molecular weight is 302 g/mol. The van der Waals surface area contributed by atoms with Gasteiger partial charge in [-0.3, -0.25) is 14.5 Å². The highest BCUT2D eigenvalue weighted by Gasteiger charge is 2.22. The Morgan fingerprint density at radius 2 is 1.82 bits per heavy atom. The molecular formula is C17H22N2O3. The summed E-state index contributed by atoms with van der Waals surface area (Å²) in [4.78, 5) is 27.0. The van der Waals surface area contributed by atoms with Crippen LogP contribution in [0.3, 0.4) is 0 Å². The van der Waals surface area contributed by atoms with Gasteiger partial charge in [0.2, 0.25) is 5.91 Å². The van der Waals surface area contributed by atoms with E-state index in [1.807, 2.05) is 18.2 Å². The fourth-order valence-corrected chi connectivity index (χ4v) is 2.39. The lowest BCUT2D eigenvalue weighted by atomic mass is 10.2. The summed E-state index contributed by atoms with van der Waals surface area (Å²) in [7, 11) is 1.30. The number of ether oxygens (including phenoxy) is 1. The molecule has 1 fully saturated rings. The van der Waals surface area contributed by atoms with Gasteiger partial charge in [-0.2, -0.15) is 0 Å². The quantitative estimate of drug-likeness (QED) is 0.609. The van der Waals surface area contributed by atoms with Gasteiger partial charge in [0.05, 0.1) is 7.11 Å². The third-order valence-electron chi connectivity index (χ3n) is 3.72. The number of carbonyl (C=O) groups is 2. The first-order valence-electron chi connectivity index (χ1n) is 7.47.